The van der Waals surface area contributed by atoms with Crippen LogP contribution in [0, 0.1) is 11.8 Å². The van der Waals surface area contributed by atoms with Crippen molar-refractivity contribution in [1.29, 1.82) is 0 Å². The summed E-state index contributed by atoms with van der Waals surface area (Å²) in [6.07, 6.45) is 0. The minimum Gasteiger partial charge on any atom is -0.408 e. The van der Waals surface area contributed by atoms with Crippen LogP contribution in [-0.2, 0) is 0 Å². The molecule has 0 spiro atoms. The van der Waals surface area contributed by atoms with Gasteiger partial charge in [-0.15, -0.1) is 0 Å². The van der Waals surface area contributed by atoms with E-state index < -0.39 is 5.76 Å². The SMILES string of the molecule is CC(C)C(CN)CNc1ccc2oc(=O)[nH]c2c1. The number of H-pyrrole nitrogens is 1. The molecule has 0 bridgehead atoms. The molecule has 1 aromatic carbocycles. The molecule has 1 heterocycles. The molecule has 2 aromatic rings. The highest BCUT2D eigenvalue weighted by Crippen LogP contribution is 2.17. The zero-order chi connectivity index (χ0) is 13.1. The maximum absolute atomic E-state index is 11.0. The van der Waals surface area contributed by atoms with Crippen molar-refractivity contribution in [2.45, 2.75) is 13.8 Å². The van der Waals surface area contributed by atoms with E-state index in [1.54, 1.807) is 6.07 Å². The molecule has 1 aromatic heterocycles. The van der Waals surface area contributed by atoms with Crippen LogP contribution in [0.1, 0.15) is 13.8 Å². The van der Waals surface area contributed by atoms with Gasteiger partial charge in [0.2, 0.25) is 0 Å². The van der Waals surface area contributed by atoms with Crippen molar-refractivity contribution < 1.29 is 4.42 Å². The second kappa shape index (κ2) is 5.27. The number of oxazole rings is 1. The summed E-state index contributed by atoms with van der Waals surface area (Å²) in [5.41, 5.74) is 7.97. The van der Waals surface area contributed by atoms with Crippen LogP contribution in [0.3, 0.4) is 0 Å². The average molecular weight is 249 g/mol. The van der Waals surface area contributed by atoms with Crippen molar-refractivity contribution >= 4 is 16.8 Å². The highest BCUT2D eigenvalue weighted by molar-refractivity contribution is 5.76. The van der Waals surface area contributed by atoms with Gasteiger partial charge >= 0.3 is 5.76 Å². The lowest BCUT2D eigenvalue weighted by Gasteiger charge is -2.19. The lowest BCUT2D eigenvalue weighted by atomic mass is 9.96. The first kappa shape index (κ1) is 12.7. The van der Waals surface area contributed by atoms with Gasteiger partial charge in [-0.2, -0.15) is 0 Å². The predicted octanol–water partition coefficient (Wildman–Crippen LogP) is 1.76. The van der Waals surface area contributed by atoms with Crippen LogP contribution in [0.15, 0.2) is 27.4 Å². The van der Waals surface area contributed by atoms with E-state index in [1.807, 2.05) is 12.1 Å². The lowest BCUT2D eigenvalue weighted by molar-refractivity contribution is 0.413. The molecule has 0 saturated carbocycles. The van der Waals surface area contributed by atoms with E-state index in [-0.39, 0.29) is 0 Å². The van der Waals surface area contributed by atoms with Gasteiger partial charge in [-0.1, -0.05) is 13.8 Å². The zero-order valence-corrected chi connectivity index (χ0v) is 10.7. The van der Waals surface area contributed by atoms with Gasteiger partial charge in [0.1, 0.15) is 0 Å². The predicted molar refractivity (Wildman–Crippen MR) is 72.7 cm³/mol. The summed E-state index contributed by atoms with van der Waals surface area (Å²) in [6.45, 7) is 5.81. The summed E-state index contributed by atoms with van der Waals surface area (Å²) in [6, 6.07) is 5.55. The Hall–Kier alpha value is -1.75. The van der Waals surface area contributed by atoms with Crippen molar-refractivity contribution in [2.24, 2.45) is 17.6 Å². The second-order valence-corrected chi connectivity index (χ2v) is 4.85. The molecule has 1 atom stereocenters. The standard InChI is InChI=1S/C13H19N3O2/c1-8(2)9(6-14)7-15-10-3-4-12-11(5-10)16-13(17)18-12/h3-5,8-9,15H,6-7,14H2,1-2H3,(H,16,17). The zero-order valence-electron chi connectivity index (χ0n) is 10.7. The number of nitrogens with two attached hydrogens (primary N) is 1. The Bertz CT molecular complexity index is 571. The van der Waals surface area contributed by atoms with Gasteiger partial charge < -0.3 is 15.5 Å². The van der Waals surface area contributed by atoms with Gasteiger partial charge in [0.05, 0.1) is 5.52 Å². The molecule has 1 unspecified atom stereocenters. The summed E-state index contributed by atoms with van der Waals surface area (Å²) >= 11 is 0. The van der Waals surface area contributed by atoms with E-state index in [9.17, 15) is 4.79 Å². The number of aromatic nitrogens is 1. The quantitative estimate of drug-likeness (QED) is 0.754. The van der Waals surface area contributed by atoms with Gasteiger partial charge in [0.25, 0.3) is 0 Å². The van der Waals surface area contributed by atoms with E-state index in [0.29, 0.717) is 29.5 Å². The largest absolute Gasteiger partial charge is 0.417 e. The fraction of sp³-hybridized carbons (Fsp3) is 0.462. The molecule has 0 radical (unpaired) electrons. The highest BCUT2D eigenvalue weighted by atomic mass is 16.4. The number of benzene rings is 1. The Morgan fingerprint density at radius 2 is 2.22 bits per heavy atom. The van der Waals surface area contributed by atoms with E-state index in [0.717, 1.165) is 12.2 Å². The third-order valence-electron chi connectivity index (χ3n) is 3.23. The third-order valence-corrected chi connectivity index (χ3v) is 3.23. The van der Waals surface area contributed by atoms with E-state index in [1.165, 1.54) is 0 Å². The summed E-state index contributed by atoms with van der Waals surface area (Å²) in [5.74, 6) is 0.549. The monoisotopic (exact) mass is 249 g/mol. The summed E-state index contributed by atoms with van der Waals surface area (Å²) in [7, 11) is 0. The Kier molecular flexibility index (Phi) is 3.72. The third kappa shape index (κ3) is 2.73. The first-order valence-corrected chi connectivity index (χ1v) is 6.17. The molecular formula is C13H19N3O2. The number of fused-ring (bicyclic) bond motifs is 1. The van der Waals surface area contributed by atoms with Crippen LogP contribution in [0.2, 0.25) is 0 Å². The Labute approximate surface area is 105 Å². The minimum absolute atomic E-state index is 0.427. The molecule has 98 valence electrons. The lowest BCUT2D eigenvalue weighted by Crippen LogP contribution is -2.27. The topological polar surface area (TPSA) is 84.0 Å². The van der Waals surface area contributed by atoms with Gasteiger partial charge in [0, 0.05) is 12.2 Å². The molecular weight excluding hydrogens is 230 g/mol. The smallest absolute Gasteiger partial charge is 0.408 e. The number of hydrogen-bond acceptors (Lipinski definition) is 4. The molecule has 4 N–H and O–H groups in total. The summed E-state index contributed by atoms with van der Waals surface area (Å²) in [5, 5.41) is 3.33. The Morgan fingerprint density at radius 3 is 2.89 bits per heavy atom. The van der Waals surface area contributed by atoms with Crippen LogP contribution in [-0.4, -0.2) is 18.1 Å². The van der Waals surface area contributed by atoms with Gasteiger partial charge in [-0.25, -0.2) is 4.79 Å². The molecule has 2 rings (SSSR count). The van der Waals surface area contributed by atoms with Crippen molar-refractivity contribution in [3.63, 3.8) is 0 Å². The van der Waals surface area contributed by atoms with Gasteiger partial charge in [-0.05, 0) is 36.6 Å². The summed E-state index contributed by atoms with van der Waals surface area (Å²) < 4.78 is 4.95. The molecule has 0 aliphatic heterocycles. The first-order valence-electron chi connectivity index (χ1n) is 6.17. The van der Waals surface area contributed by atoms with E-state index in [2.05, 4.69) is 24.1 Å². The maximum Gasteiger partial charge on any atom is 0.417 e. The van der Waals surface area contributed by atoms with Crippen molar-refractivity contribution in [3.05, 3.63) is 28.7 Å². The van der Waals surface area contributed by atoms with Crippen molar-refractivity contribution in [1.82, 2.24) is 4.98 Å². The Balaban J connectivity index is 2.09. The molecule has 0 aliphatic carbocycles. The summed E-state index contributed by atoms with van der Waals surface area (Å²) in [4.78, 5) is 13.7. The van der Waals surface area contributed by atoms with Crippen LogP contribution >= 0.6 is 0 Å². The maximum atomic E-state index is 11.0. The molecule has 18 heavy (non-hydrogen) atoms. The van der Waals surface area contributed by atoms with E-state index in [4.69, 9.17) is 10.2 Å². The van der Waals surface area contributed by atoms with Gasteiger partial charge in [0.15, 0.2) is 5.58 Å². The van der Waals surface area contributed by atoms with Crippen LogP contribution in [0.25, 0.3) is 11.1 Å². The molecule has 0 amide bonds. The Morgan fingerprint density at radius 1 is 1.44 bits per heavy atom. The number of rotatable bonds is 5. The minimum atomic E-state index is -0.427. The fourth-order valence-corrected chi connectivity index (χ4v) is 1.90. The molecule has 0 aliphatic rings. The number of nitrogens with one attached hydrogen (secondary N) is 2. The number of anilines is 1. The van der Waals surface area contributed by atoms with Crippen LogP contribution in [0.4, 0.5) is 5.69 Å². The van der Waals surface area contributed by atoms with Crippen molar-refractivity contribution in [3.8, 4) is 0 Å². The molecule has 0 saturated heterocycles. The molecule has 5 heteroatoms. The number of aromatic amines is 1. The van der Waals surface area contributed by atoms with Gasteiger partial charge in [-0.3, -0.25) is 4.98 Å². The molecule has 0 fully saturated rings. The number of hydrogen-bond donors (Lipinski definition) is 3. The van der Waals surface area contributed by atoms with Crippen LogP contribution < -0.4 is 16.8 Å². The highest BCUT2D eigenvalue weighted by Gasteiger charge is 2.11. The average Bonchev–Trinajstić information content (AvgIpc) is 2.68. The second-order valence-electron chi connectivity index (χ2n) is 4.85. The van der Waals surface area contributed by atoms with Crippen molar-refractivity contribution in [2.75, 3.05) is 18.4 Å². The first-order chi connectivity index (χ1) is 8.60. The molecule has 5 nitrogen and oxygen atoms in total. The van der Waals surface area contributed by atoms with E-state index >= 15 is 0 Å². The fourth-order valence-electron chi connectivity index (χ4n) is 1.90. The van der Waals surface area contributed by atoms with Crippen LogP contribution in [0.5, 0.6) is 0 Å². The normalized spacial score (nSPS) is 13.1.